The van der Waals surface area contributed by atoms with Crippen LogP contribution in [-0.2, 0) is 32.2 Å². The van der Waals surface area contributed by atoms with E-state index >= 15 is 0 Å². The van der Waals surface area contributed by atoms with Gasteiger partial charge in [-0.1, -0.05) is 100 Å². The molecule has 14 heteroatoms. The third-order valence-electron chi connectivity index (χ3n) is 11.9. The number of amides is 3. The van der Waals surface area contributed by atoms with Gasteiger partial charge in [0.25, 0.3) is 0 Å². The molecule has 0 bridgehead atoms. The molecule has 64 heavy (non-hydrogen) atoms. The highest BCUT2D eigenvalue weighted by Gasteiger charge is 2.35. The van der Waals surface area contributed by atoms with Crippen molar-refractivity contribution < 1.29 is 29.0 Å². The Balaban J connectivity index is 1.07. The Bertz CT molecular complexity index is 2530. The number of rotatable bonds is 20. The zero-order valence-electron chi connectivity index (χ0n) is 38.0. The van der Waals surface area contributed by atoms with Crippen LogP contribution in [0.25, 0.3) is 44.2 Å². The molecule has 1 saturated carbocycles. The lowest BCUT2D eigenvalue weighted by atomic mass is 9.99. The smallest absolute Gasteiger partial charge is 0.407 e. The number of hydrogen-bond donors (Lipinski definition) is 5. The molecule has 3 unspecified atom stereocenters. The lowest BCUT2D eigenvalue weighted by molar-refractivity contribution is -0.136. The number of fused-ring (bicyclic) bond motifs is 3. The number of aromatic nitrogens is 4. The van der Waals surface area contributed by atoms with Crippen molar-refractivity contribution in [2.75, 3.05) is 33.9 Å². The fourth-order valence-corrected chi connectivity index (χ4v) is 8.43. The van der Waals surface area contributed by atoms with Crippen LogP contribution >= 0.6 is 0 Å². The van der Waals surface area contributed by atoms with Gasteiger partial charge in [-0.05, 0) is 72.2 Å². The number of aromatic amines is 2. The number of nitrogens with zero attached hydrogens (tertiary/aromatic N) is 4. The number of hydrogen-bond acceptors (Lipinski definition) is 9. The lowest BCUT2D eigenvalue weighted by Gasteiger charge is -2.33. The van der Waals surface area contributed by atoms with Crippen LogP contribution in [0.15, 0.2) is 84.9 Å². The number of imidazole rings is 2. The predicted molar refractivity (Wildman–Crippen MR) is 249 cm³/mol. The zero-order chi connectivity index (χ0) is 45.5. The number of aliphatic hydroxyl groups excluding tert-OH is 1. The molecule has 0 radical (unpaired) electrons. The summed E-state index contributed by atoms with van der Waals surface area (Å²) in [4.78, 5) is 59.6. The molecule has 0 saturated heterocycles. The molecule has 0 spiro atoms. The molecule has 0 aliphatic heterocycles. The van der Waals surface area contributed by atoms with Gasteiger partial charge in [0, 0.05) is 42.8 Å². The van der Waals surface area contributed by atoms with Crippen molar-refractivity contribution in [1.82, 2.24) is 40.4 Å². The fraction of sp³-hybridized carbons (Fsp3) is 0.420. The number of H-pyrrole nitrogens is 2. The molecule has 4 aromatic carbocycles. The number of alkyl carbamates (subject to hydrolysis) is 1. The standard InChI is InChI=1S/C50H62N8O6/c1-8-24-57(49(61)45(34-12-10-9-11-13-34)55-47(59)36-18-19-36)27-41-51-32(5)44(53-41)35-16-14-33(15-17-35)37-20-22-39-38(25-37)21-23-40-46(39)54-42(52-40)28-58(26-31(4)29-63-6)48(60)43(30(2)3)56-50(62)64-7/h9-17,20-23,25,30-31,36,43,45,49,61H,8,18-19,24,26-29H2,1-7H3,(H,51,53)(H,52,54)(H,55,59)(H,56,62)/t31?,43?,45-,49?/m1/s1. The monoisotopic (exact) mass is 870 g/mol. The number of benzene rings is 4. The first kappa shape index (κ1) is 45.9. The van der Waals surface area contributed by atoms with Gasteiger partial charge >= 0.3 is 6.09 Å². The normalized spacial score (nSPS) is 14.7. The molecule has 6 aromatic rings. The van der Waals surface area contributed by atoms with Gasteiger partial charge in [-0.15, -0.1) is 0 Å². The van der Waals surface area contributed by atoms with Crippen LogP contribution < -0.4 is 10.6 Å². The minimum atomic E-state index is -0.951. The molecule has 4 atom stereocenters. The summed E-state index contributed by atoms with van der Waals surface area (Å²) in [5.74, 6) is 1.05. The lowest BCUT2D eigenvalue weighted by Crippen LogP contribution is -2.52. The van der Waals surface area contributed by atoms with E-state index in [0.29, 0.717) is 32.1 Å². The van der Waals surface area contributed by atoms with Gasteiger partial charge in [-0.2, -0.15) is 0 Å². The van der Waals surface area contributed by atoms with Gasteiger partial charge < -0.3 is 40.1 Å². The molecule has 3 amide bonds. The highest BCUT2D eigenvalue weighted by atomic mass is 16.5. The van der Waals surface area contributed by atoms with Gasteiger partial charge in [0.15, 0.2) is 0 Å². The number of ether oxygens (including phenoxy) is 2. The van der Waals surface area contributed by atoms with E-state index in [1.165, 1.54) is 7.11 Å². The van der Waals surface area contributed by atoms with Crippen molar-refractivity contribution in [3.8, 4) is 22.4 Å². The third-order valence-corrected chi connectivity index (χ3v) is 11.9. The maximum atomic E-state index is 13.9. The van der Waals surface area contributed by atoms with Crippen LogP contribution in [-0.4, -0.2) is 98.9 Å². The Hall–Kier alpha value is -6.09. The Morgan fingerprint density at radius 2 is 1.56 bits per heavy atom. The quantitative estimate of drug-likeness (QED) is 0.0478. The second kappa shape index (κ2) is 20.6. The molecular weight excluding hydrogens is 809 g/mol. The maximum absolute atomic E-state index is 13.9. The first-order valence-corrected chi connectivity index (χ1v) is 22.3. The van der Waals surface area contributed by atoms with Crippen molar-refractivity contribution in [3.63, 3.8) is 0 Å². The largest absolute Gasteiger partial charge is 0.453 e. The zero-order valence-corrected chi connectivity index (χ0v) is 38.0. The van der Waals surface area contributed by atoms with E-state index in [0.717, 1.165) is 80.5 Å². The van der Waals surface area contributed by atoms with Crippen molar-refractivity contribution in [2.45, 2.75) is 85.3 Å². The number of carbonyl (C=O) groups excluding carboxylic acids is 3. The molecule has 14 nitrogen and oxygen atoms in total. The summed E-state index contributed by atoms with van der Waals surface area (Å²) >= 11 is 0. The van der Waals surface area contributed by atoms with Gasteiger partial charge in [0.1, 0.15) is 23.9 Å². The predicted octanol–water partition coefficient (Wildman–Crippen LogP) is 7.87. The van der Waals surface area contributed by atoms with E-state index in [9.17, 15) is 19.5 Å². The number of aryl methyl sites for hydroxylation is 1. The average Bonchev–Trinajstić information content (AvgIpc) is 3.97. The highest BCUT2D eigenvalue weighted by molar-refractivity contribution is 6.05. The van der Waals surface area contributed by atoms with Crippen LogP contribution in [0.1, 0.15) is 75.9 Å². The number of aliphatic hydroxyl groups is 1. The van der Waals surface area contributed by atoms with Crippen molar-refractivity contribution in [3.05, 3.63) is 108 Å². The Labute approximate surface area is 375 Å². The molecule has 1 aliphatic rings. The first-order valence-electron chi connectivity index (χ1n) is 22.3. The molecule has 7 rings (SSSR count). The van der Waals surface area contributed by atoms with Gasteiger partial charge in [-0.3, -0.25) is 14.5 Å². The first-order chi connectivity index (χ1) is 30.9. The topological polar surface area (TPSA) is 178 Å². The van der Waals surface area contributed by atoms with Crippen molar-refractivity contribution in [1.29, 1.82) is 0 Å². The van der Waals surface area contributed by atoms with Crippen molar-refractivity contribution >= 4 is 39.7 Å². The maximum Gasteiger partial charge on any atom is 0.407 e. The molecule has 2 heterocycles. The summed E-state index contributed by atoms with van der Waals surface area (Å²) in [5, 5.41) is 19.7. The SMILES string of the molecule is CCCN(Cc1nc(-c2ccc(-c3ccc4c(ccc5[nH]c(CN(CC(C)COC)C(=O)C(NC(=O)OC)C(C)C)nc54)c3)cc2)c(C)[nH]1)C(O)[C@H](NC(=O)C1CC1)c1ccccc1. The minimum absolute atomic E-state index is 0.0111. The van der Waals surface area contributed by atoms with E-state index in [1.54, 1.807) is 12.0 Å². The summed E-state index contributed by atoms with van der Waals surface area (Å²) < 4.78 is 10.2. The van der Waals surface area contributed by atoms with Gasteiger partial charge in [0.05, 0.1) is 49.6 Å². The minimum Gasteiger partial charge on any atom is -0.453 e. The summed E-state index contributed by atoms with van der Waals surface area (Å²) in [7, 11) is 2.92. The number of carbonyl (C=O) groups is 3. The summed E-state index contributed by atoms with van der Waals surface area (Å²) in [6.07, 6.45) is 0.989. The van der Waals surface area contributed by atoms with E-state index in [-0.39, 0.29) is 36.1 Å². The number of methoxy groups -OCH3 is 2. The molecule has 1 aliphatic carbocycles. The number of nitrogens with one attached hydrogen (secondary N) is 4. The van der Waals surface area contributed by atoms with Crippen LogP contribution in [0.4, 0.5) is 4.79 Å². The van der Waals surface area contributed by atoms with E-state index in [4.69, 9.17) is 19.4 Å². The molecule has 5 N–H and O–H groups in total. The third kappa shape index (κ3) is 10.8. The van der Waals surface area contributed by atoms with Gasteiger partial charge in [-0.25, -0.2) is 14.8 Å². The molecule has 2 aromatic heterocycles. The summed E-state index contributed by atoms with van der Waals surface area (Å²) in [6, 6.07) is 27.1. The van der Waals surface area contributed by atoms with Crippen LogP contribution in [0.3, 0.4) is 0 Å². The summed E-state index contributed by atoms with van der Waals surface area (Å²) in [6.45, 7) is 12.0. The fourth-order valence-electron chi connectivity index (χ4n) is 8.43. The average molecular weight is 871 g/mol. The van der Waals surface area contributed by atoms with Gasteiger partial charge in [0.2, 0.25) is 11.8 Å². The van der Waals surface area contributed by atoms with Crippen LogP contribution in [0.5, 0.6) is 0 Å². The Morgan fingerprint density at radius 1 is 0.859 bits per heavy atom. The van der Waals surface area contributed by atoms with E-state index in [1.807, 2.05) is 69.0 Å². The van der Waals surface area contributed by atoms with Crippen LogP contribution in [0, 0.1) is 24.7 Å². The molecular formula is C50H62N8O6. The Morgan fingerprint density at radius 3 is 2.23 bits per heavy atom. The van der Waals surface area contributed by atoms with Crippen molar-refractivity contribution in [2.24, 2.45) is 17.8 Å². The molecule has 338 valence electrons. The Kier molecular flexibility index (Phi) is 14.8. The van der Waals surface area contributed by atoms with E-state index in [2.05, 4.69) is 76.1 Å². The second-order valence-electron chi connectivity index (χ2n) is 17.5. The van der Waals surface area contributed by atoms with E-state index < -0.39 is 24.4 Å². The molecule has 1 fully saturated rings. The van der Waals surface area contributed by atoms with Crippen LogP contribution in [0.2, 0.25) is 0 Å². The summed E-state index contributed by atoms with van der Waals surface area (Å²) in [5.41, 5.74) is 7.40. The highest BCUT2D eigenvalue weighted by Crippen LogP contribution is 2.33. The second-order valence-corrected chi connectivity index (χ2v) is 17.5.